The van der Waals surface area contributed by atoms with Crippen molar-refractivity contribution >= 4 is 41.0 Å². The molecule has 1 amide bonds. The Morgan fingerprint density at radius 3 is 2.56 bits per heavy atom. The van der Waals surface area contributed by atoms with Crippen molar-refractivity contribution in [2.45, 2.75) is 33.2 Å². The molecule has 0 radical (unpaired) electrons. The summed E-state index contributed by atoms with van der Waals surface area (Å²) < 4.78 is 2.92. The van der Waals surface area contributed by atoms with Gasteiger partial charge < -0.3 is 10.6 Å². The highest BCUT2D eigenvalue weighted by Crippen LogP contribution is 2.47. The minimum absolute atomic E-state index is 0.0780. The number of benzene rings is 2. The summed E-state index contributed by atoms with van der Waals surface area (Å²) in [6.07, 6.45) is 0. The summed E-state index contributed by atoms with van der Waals surface area (Å²) in [6.45, 7) is 7.98. The first kappa shape index (κ1) is 17.9. The maximum absolute atomic E-state index is 11.2. The van der Waals surface area contributed by atoms with E-state index in [4.69, 9.17) is 12.2 Å². The molecule has 0 saturated heterocycles. The highest BCUT2D eigenvalue weighted by molar-refractivity contribution is 7.71. The maximum Gasteiger partial charge on any atom is 0.221 e. The van der Waals surface area contributed by atoms with Crippen molar-refractivity contribution in [1.82, 2.24) is 3.96 Å². The zero-order valence-electron chi connectivity index (χ0n) is 15.7. The van der Waals surface area contributed by atoms with E-state index in [9.17, 15) is 4.79 Å². The number of hydrogen-bond acceptors (Lipinski definition) is 4. The molecule has 0 spiro atoms. The van der Waals surface area contributed by atoms with Crippen molar-refractivity contribution in [2.24, 2.45) is 0 Å². The molecule has 1 aliphatic rings. The molecule has 0 unspecified atom stereocenters. The van der Waals surface area contributed by atoms with Crippen LogP contribution < -0.4 is 10.6 Å². The second-order valence-corrected chi connectivity index (χ2v) is 8.76. The SMILES string of the molecule is CC(=O)Nc1ccc(-n2sc3c(c2=S)-c2cc(C)ccc2NC3(C)C)cc1. The van der Waals surface area contributed by atoms with Gasteiger partial charge in [-0.15, -0.1) is 0 Å². The zero-order valence-corrected chi connectivity index (χ0v) is 17.3. The standard InChI is InChI=1S/C21H21N3OS2/c1-12-5-10-17-16(11-12)18-19(21(3,4)23-17)27-24(20(18)26)15-8-6-14(7-9-15)22-13(2)25/h5-11,23H,1-4H3,(H,22,25). The van der Waals surface area contributed by atoms with E-state index in [1.807, 2.05) is 24.3 Å². The number of amides is 1. The monoisotopic (exact) mass is 395 g/mol. The van der Waals surface area contributed by atoms with Gasteiger partial charge in [-0.3, -0.25) is 8.75 Å². The number of anilines is 2. The lowest BCUT2D eigenvalue weighted by atomic mass is 9.89. The molecule has 138 valence electrons. The van der Waals surface area contributed by atoms with Crippen molar-refractivity contribution in [3.05, 3.63) is 57.5 Å². The third-order valence-electron chi connectivity index (χ3n) is 4.69. The molecule has 0 saturated carbocycles. The second kappa shape index (κ2) is 6.32. The second-order valence-electron chi connectivity index (χ2n) is 7.42. The summed E-state index contributed by atoms with van der Waals surface area (Å²) in [7, 11) is 0. The van der Waals surface area contributed by atoms with Crippen molar-refractivity contribution in [2.75, 3.05) is 10.6 Å². The van der Waals surface area contributed by atoms with Gasteiger partial charge in [0.1, 0.15) is 4.64 Å². The van der Waals surface area contributed by atoms with Crippen LogP contribution in [0.5, 0.6) is 0 Å². The molecule has 2 aromatic carbocycles. The summed E-state index contributed by atoms with van der Waals surface area (Å²) in [5, 5.41) is 6.44. The van der Waals surface area contributed by atoms with Crippen LogP contribution in [0.4, 0.5) is 11.4 Å². The molecule has 2 heterocycles. The smallest absolute Gasteiger partial charge is 0.221 e. The summed E-state index contributed by atoms with van der Waals surface area (Å²) in [5.74, 6) is -0.0780. The lowest BCUT2D eigenvalue weighted by molar-refractivity contribution is -0.114. The van der Waals surface area contributed by atoms with Crippen LogP contribution in [-0.2, 0) is 10.3 Å². The van der Waals surface area contributed by atoms with Gasteiger partial charge in [-0.05, 0) is 57.2 Å². The number of aromatic nitrogens is 1. The van der Waals surface area contributed by atoms with E-state index < -0.39 is 0 Å². The molecule has 6 heteroatoms. The van der Waals surface area contributed by atoms with Crippen LogP contribution in [0.25, 0.3) is 16.8 Å². The highest BCUT2D eigenvalue weighted by atomic mass is 32.1. The van der Waals surface area contributed by atoms with Gasteiger partial charge in [0.05, 0.1) is 16.1 Å². The Morgan fingerprint density at radius 1 is 1.19 bits per heavy atom. The molecule has 2 N–H and O–H groups in total. The molecule has 1 aliphatic heterocycles. The predicted octanol–water partition coefficient (Wildman–Crippen LogP) is 5.86. The van der Waals surface area contributed by atoms with Gasteiger partial charge in [0.25, 0.3) is 0 Å². The minimum Gasteiger partial charge on any atom is -0.375 e. The number of nitrogens with zero attached hydrogens (tertiary/aromatic N) is 1. The van der Waals surface area contributed by atoms with Crippen LogP contribution in [0.3, 0.4) is 0 Å². The first-order valence-electron chi connectivity index (χ1n) is 8.80. The fourth-order valence-corrected chi connectivity index (χ4v) is 5.12. The Kier molecular flexibility index (Phi) is 4.20. The van der Waals surface area contributed by atoms with Gasteiger partial charge in [0, 0.05) is 29.4 Å². The van der Waals surface area contributed by atoms with Gasteiger partial charge in [0.2, 0.25) is 5.91 Å². The van der Waals surface area contributed by atoms with Crippen molar-refractivity contribution in [1.29, 1.82) is 0 Å². The number of nitrogens with one attached hydrogen (secondary N) is 2. The maximum atomic E-state index is 11.2. The number of fused-ring (bicyclic) bond motifs is 3. The van der Waals surface area contributed by atoms with Gasteiger partial charge in [-0.25, -0.2) is 0 Å². The van der Waals surface area contributed by atoms with Crippen LogP contribution in [0.15, 0.2) is 42.5 Å². The Balaban J connectivity index is 1.87. The Bertz CT molecular complexity index is 1110. The molecule has 3 aromatic rings. The summed E-state index contributed by atoms with van der Waals surface area (Å²) >= 11 is 7.57. The molecule has 0 bridgehead atoms. The number of aryl methyl sites for hydroxylation is 1. The third-order valence-corrected chi connectivity index (χ3v) is 6.66. The Morgan fingerprint density at radius 2 is 1.89 bits per heavy atom. The fraction of sp³-hybridized carbons (Fsp3) is 0.238. The van der Waals surface area contributed by atoms with Crippen LogP contribution in [0.1, 0.15) is 31.2 Å². The van der Waals surface area contributed by atoms with E-state index >= 15 is 0 Å². The number of rotatable bonds is 2. The van der Waals surface area contributed by atoms with E-state index in [0.717, 1.165) is 27.3 Å². The molecule has 4 nitrogen and oxygen atoms in total. The highest BCUT2D eigenvalue weighted by Gasteiger charge is 2.34. The summed E-state index contributed by atoms with van der Waals surface area (Å²) in [6, 6.07) is 14.2. The van der Waals surface area contributed by atoms with Gasteiger partial charge in [-0.2, -0.15) is 0 Å². The van der Waals surface area contributed by atoms with Crippen LogP contribution in [0.2, 0.25) is 0 Å². The molecular formula is C21H21N3OS2. The summed E-state index contributed by atoms with van der Waals surface area (Å²) in [4.78, 5) is 12.5. The lowest BCUT2D eigenvalue weighted by Gasteiger charge is -2.33. The van der Waals surface area contributed by atoms with Crippen molar-refractivity contribution in [3.8, 4) is 16.8 Å². The van der Waals surface area contributed by atoms with E-state index in [2.05, 4.69) is 53.6 Å². The fourth-order valence-electron chi connectivity index (χ4n) is 3.46. The quantitative estimate of drug-likeness (QED) is 0.534. The van der Waals surface area contributed by atoms with Crippen LogP contribution in [-0.4, -0.2) is 9.86 Å². The average molecular weight is 396 g/mol. The summed E-state index contributed by atoms with van der Waals surface area (Å²) in [5.41, 5.74) is 6.23. The van der Waals surface area contributed by atoms with E-state index in [1.165, 1.54) is 22.9 Å². The van der Waals surface area contributed by atoms with Crippen LogP contribution in [0, 0.1) is 11.6 Å². The average Bonchev–Trinajstić information content (AvgIpc) is 2.95. The van der Waals surface area contributed by atoms with Gasteiger partial charge in [-0.1, -0.05) is 35.4 Å². The predicted molar refractivity (Wildman–Crippen MR) is 116 cm³/mol. The molecule has 0 aliphatic carbocycles. The number of carbonyl (C=O) groups is 1. The van der Waals surface area contributed by atoms with Gasteiger partial charge in [0.15, 0.2) is 0 Å². The molecule has 0 fully saturated rings. The topological polar surface area (TPSA) is 46.1 Å². The van der Waals surface area contributed by atoms with E-state index in [1.54, 1.807) is 11.5 Å². The molecule has 27 heavy (non-hydrogen) atoms. The zero-order chi connectivity index (χ0) is 19.3. The lowest BCUT2D eigenvalue weighted by Crippen LogP contribution is -2.30. The molecule has 0 atom stereocenters. The van der Waals surface area contributed by atoms with Crippen molar-refractivity contribution in [3.63, 3.8) is 0 Å². The van der Waals surface area contributed by atoms with Gasteiger partial charge >= 0.3 is 0 Å². The largest absolute Gasteiger partial charge is 0.375 e. The first-order chi connectivity index (χ1) is 12.8. The third kappa shape index (κ3) is 3.09. The van der Waals surface area contributed by atoms with E-state index in [0.29, 0.717) is 0 Å². The number of hydrogen-bond donors (Lipinski definition) is 2. The molecule has 1 aromatic heterocycles. The van der Waals surface area contributed by atoms with Crippen LogP contribution >= 0.6 is 23.8 Å². The first-order valence-corrected chi connectivity index (χ1v) is 9.98. The molecular weight excluding hydrogens is 374 g/mol. The minimum atomic E-state index is -0.197. The van der Waals surface area contributed by atoms with Crippen molar-refractivity contribution < 1.29 is 4.79 Å². The van der Waals surface area contributed by atoms with E-state index in [-0.39, 0.29) is 11.4 Å². The molecule has 4 rings (SSSR count). The number of carbonyl (C=O) groups excluding carboxylic acids is 1. The Hall–Kier alpha value is -2.44. The Labute approximate surface area is 168 Å². The normalized spacial score (nSPS) is 14.1.